The van der Waals surface area contributed by atoms with Crippen LogP contribution >= 0.6 is 11.6 Å². The normalized spacial score (nSPS) is 12.4. The van der Waals surface area contributed by atoms with Crippen LogP contribution in [-0.2, 0) is 9.59 Å². The molecule has 7 nitrogen and oxygen atoms in total. The van der Waals surface area contributed by atoms with Crippen molar-refractivity contribution >= 4 is 29.3 Å². The number of nitrogens with one attached hydrogen (secondary N) is 3. The van der Waals surface area contributed by atoms with E-state index in [1.165, 1.54) is 24.3 Å². The number of rotatable bonds is 8. The van der Waals surface area contributed by atoms with Gasteiger partial charge in [-0.3, -0.25) is 25.2 Å². The molecule has 2 atom stereocenters. The molecule has 2 aromatic rings. The molecule has 0 heterocycles. The average molecular weight is 436 g/mol. The second-order valence-corrected chi connectivity index (χ2v) is 7.06. The summed E-state index contributed by atoms with van der Waals surface area (Å²) < 4.78 is 18.1. The van der Waals surface area contributed by atoms with Crippen molar-refractivity contribution in [3.8, 4) is 5.75 Å². The predicted molar refractivity (Wildman–Crippen MR) is 110 cm³/mol. The fourth-order valence-corrected chi connectivity index (χ4v) is 2.58. The lowest BCUT2D eigenvalue weighted by Crippen LogP contribution is -2.55. The van der Waals surface area contributed by atoms with Crippen LogP contribution in [0.15, 0.2) is 48.5 Å². The molecule has 30 heavy (non-hydrogen) atoms. The number of ether oxygens (including phenoxy) is 1. The molecule has 0 spiro atoms. The predicted octanol–water partition coefficient (Wildman–Crippen LogP) is 2.85. The largest absolute Gasteiger partial charge is 0.484 e. The monoisotopic (exact) mass is 435 g/mol. The minimum Gasteiger partial charge on any atom is -0.484 e. The van der Waals surface area contributed by atoms with Gasteiger partial charge in [-0.05, 0) is 54.4 Å². The molecule has 0 saturated carbocycles. The van der Waals surface area contributed by atoms with Gasteiger partial charge in [0.15, 0.2) is 6.61 Å². The summed E-state index contributed by atoms with van der Waals surface area (Å²) in [4.78, 5) is 36.9. The van der Waals surface area contributed by atoms with Crippen LogP contribution in [0.2, 0.25) is 5.02 Å². The van der Waals surface area contributed by atoms with Crippen molar-refractivity contribution in [2.45, 2.75) is 26.3 Å². The van der Waals surface area contributed by atoms with Crippen LogP contribution in [0.5, 0.6) is 5.75 Å². The van der Waals surface area contributed by atoms with E-state index < -0.39 is 29.6 Å². The van der Waals surface area contributed by atoms with Crippen molar-refractivity contribution in [1.29, 1.82) is 0 Å². The van der Waals surface area contributed by atoms with E-state index in [2.05, 4.69) is 16.2 Å². The number of hydrazine groups is 1. The SMILES string of the molecule is CCC(C)C(NC(=O)c1ccc(Cl)cc1)C(=O)NNC(=O)COc1ccc(F)cc1. The third-order valence-electron chi connectivity index (χ3n) is 4.40. The van der Waals surface area contributed by atoms with Crippen molar-refractivity contribution in [3.63, 3.8) is 0 Å². The topological polar surface area (TPSA) is 96.5 Å². The average Bonchev–Trinajstić information content (AvgIpc) is 2.75. The minimum absolute atomic E-state index is 0.186. The smallest absolute Gasteiger partial charge is 0.276 e. The van der Waals surface area contributed by atoms with E-state index in [-0.39, 0.29) is 12.5 Å². The molecule has 2 unspecified atom stereocenters. The quantitative estimate of drug-likeness (QED) is 0.555. The molecule has 0 aliphatic heterocycles. The van der Waals surface area contributed by atoms with Gasteiger partial charge in [0.1, 0.15) is 17.6 Å². The number of carbonyl (C=O) groups is 3. The van der Waals surface area contributed by atoms with Crippen LogP contribution in [0, 0.1) is 11.7 Å². The molecule has 3 amide bonds. The second kappa shape index (κ2) is 11.2. The zero-order valence-corrected chi connectivity index (χ0v) is 17.3. The molecule has 0 aliphatic carbocycles. The maximum atomic E-state index is 12.9. The van der Waals surface area contributed by atoms with E-state index in [9.17, 15) is 18.8 Å². The molecule has 160 valence electrons. The van der Waals surface area contributed by atoms with Crippen LogP contribution in [0.3, 0.4) is 0 Å². The van der Waals surface area contributed by atoms with E-state index in [4.69, 9.17) is 16.3 Å². The first-order valence-corrected chi connectivity index (χ1v) is 9.71. The number of halogens is 2. The summed E-state index contributed by atoms with van der Waals surface area (Å²) >= 11 is 5.83. The van der Waals surface area contributed by atoms with Gasteiger partial charge in [0.2, 0.25) is 0 Å². The second-order valence-electron chi connectivity index (χ2n) is 6.62. The minimum atomic E-state index is -0.864. The van der Waals surface area contributed by atoms with Gasteiger partial charge in [0.05, 0.1) is 0 Å². The molecule has 0 aromatic heterocycles. The first-order valence-electron chi connectivity index (χ1n) is 9.33. The molecule has 0 fully saturated rings. The molecule has 0 saturated heterocycles. The van der Waals surface area contributed by atoms with Crippen LogP contribution in [0.25, 0.3) is 0 Å². The zero-order valence-electron chi connectivity index (χ0n) is 16.6. The maximum absolute atomic E-state index is 12.9. The molecule has 0 radical (unpaired) electrons. The Labute approximate surface area is 178 Å². The van der Waals surface area contributed by atoms with Crippen LogP contribution in [0.4, 0.5) is 4.39 Å². The summed E-state index contributed by atoms with van der Waals surface area (Å²) in [5, 5.41) is 3.17. The molecular formula is C21H23ClFN3O4. The maximum Gasteiger partial charge on any atom is 0.276 e. The summed E-state index contributed by atoms with van der Waals surface area (Å²) in [5.41, 5.74) is 4.89. The highest BCUT2D eigenvalue weighted by Gasteiger charge is 2.26. The van der Waals surface area contributed by atoms with Gasteiger partial charge in [-0.1, -0.05) is 31.9 Å². The van der Waals surface area contributed by atoms with Crippen molar-refractivity contribution in [2.24, 2.45) is 5.92 Å². The third kappa shape index (κ3) is 7.04. The Morgan fingerprint density at radius 2 is 1.67 bits per heavy atom. The molecule has 0 aliphatic rings. The number of amides is 3. The summed E-state index contributed by atoms with van der Waals surface area (Å²) in [6, 6.07) is 10.6. The lowest BCUT2D eigenvalue weighted by molar-refractivity contribution is -0.131. The molecular weight excluding hydrogens is 413 g/mol. The number of carbonyl (C=O) groups excluding carboxylic acids is 3. The molecule has 9 heteroatoms. The van der Waals surface area contributed by atoms with E-state index in [0.717, 1.165) is 0 Å². The Hall–Kier alpha value is -3.13. The third-order valence-corrected chi connectivity index (χ3v) is 4.65. The van der Waals surface area contributed by atoms with E-state index in [1.54, 1.807) is 24.3 Å². The van der Waals surface area contributed by atoms with Gasteiger partial charge < -0.3 is 10.1 Å². The Bertz CT molecular complexity index is 875. The first-order chi connectivity index (χ1) is 14.3. The summed E-state index contributed by atoms with van der Waals surface area (Å²) in [6.45, 7) is 3.32. The highest BCUT2D eigenvalue weighted by atomic mass is 35.5. The summed E-state index contributed by atoms with van der Waals surface area (Å²) in [6.07, 6.45) is 0.626. The number of hydrogen-bond acceptors (Lipinski definition) is 4. The summed E-state index contributed by atoms with van der Waals surface area (Å²) in [7, 11) is 0. The van der Waals surface area contributed by atoms with E-state index in [1.807, 2.05) is 13.8 Å². The van der Waals surface area contributed by atoms with Crippen LogP contribution in [-0.4, -0.2) is 30.4 Å². The Morgan fingerprint density at radius 3 is 2.27 bits per heavy atom. The van der Waals surface area contributed by atoms with Gasteiger partial charge in [0.25, 0.3) is 17.7 Å². The number of benzene rings is 2. The van der Waals surface area contributed by atoms with Crippen LogP contribution < -0.4 is 20.9 Å². The molecule has 2 rings (SSSR count). The Balaban J connectivity index is 1.89. The standard InChI is InChI=1S/C21H23ClFN3O4/c1-3-13(2)19(24-20(28)14-4-6-15(22)7-5-14)21(29)26-25-18(27)12-30-17-10-8-16(23)9-11-17/h4-11,13,19H,3,12H2,1-2H3,(H,24,28)(H,25,27)(H,26,29). The fourth-order valence-electron chi connectivity index (χ4n) is 2.45. The Morgan fingerprint density at radius 1 is 1.03 bits per heavy atom. The molecule has 3 N–H and O–H groups in total. The molecule has 2 aromatic carbocycles. The van der Waals surface area contributed by atoms with Gasteiger partial charge >= 0.3 is 0 Å². The van der Waals surface area contributed by atoms with Gasteiger partial charge in [-0.2, -0.15) is 0 Å². The van der Waals surface area contributed by atoms with Crippen molar-refractivity contribution in [2.75, 3.05) is 6.61 Å². The van der Waals surface area contributed by atoms with Crippen molar-refractivity contribution in [3.05, 3.63) is 64.9 Å². The van der Waals surface area contributed by atoms with Gasteiger partial charge in [-0.15, -0.1) is 0 Å². The molecule has 0 bridgehead atoms. The Kier molecular flexibility index (Phi) is 8.61. The van der Waals surface area contributed by atoms with Gasteiger partial charge in [-0.25, -0.2) is 4.39 Å². The number of hydrogen-bond donors (Lipinski definition) is 3. The van der Waals surface area contributed by atoms with Crippen molar-refractivity contribution < 1.29 is 23.5 Å². The van der Waals surface area contributed by atoms with Crippen LogP contribution in [0.1, 0.15) is 30.6 Å². The first kappa shape index (κ1) is 23.2. The highest BCUT2D eigenvalue weighted by Crippen LogP contribution is 2.13. The zero-order chi connectivity index (χ0) is 22.1. The summed E-state index contributed by atoms with van der Waals surface area (Å²) in [5.74, 6) is -1.91. The van der Waals surface area contributed by atoms with Gasteiger partial charge in [0, 0.05) is 10.6 Å². The highest BCUT2D eigenvalue weighted by molar-refractivity contribution is 6.30. The van der Waals surface area contributed by atoms with E-state index >= 15 is 0 Å². The van der Waals surface area contributed by atoms with Crippen molar-refractivity contribution in [1.82, 2.24) is 16.2 Å². The van der Waals surface area contributed by atoms with E-state index in [0.29, 0.717) is 22.8 Å². The lowest BCUT2D eigenvalue weighted by Gasteiger charge is -2.23. The fraction of sp³-hybridized carbons (Fsp3) is 0.286. The lowest BCUT2D eigenvalue weighted by atomic mass is 9.98.